The van der Waals surface area contributed by atoms with E-state index in [0.29, 0.717) is 30.0 Å². The Hall–Kier alpha value is -3.34. The van der Waals surface area contributed by atoms with Crippen LogP contribution in [0.25, 0.3) is 0 Å². The van der Waals surface area contributed by atoms with E-state index in [-0.39, 0.29) is 18.5 Å². The van der Waals surface area contributed by atoms with Gasteiger partial charge in [-0.2, -0.15) is 0 Å². The second kappa shape index (κ2) is 12.3. The molecule has 11 heteroatoms. The molecular weight excluding hydrogens is 494 g/mol. The van der Waals surface area contributed by atoms with Crippen molar-refractivity contribution in [1.29, 1.82) is 0 Å². The minimum Gasteiger partial charge on any atom is -0.444 e. The number of nitrogens with zero attached hydrogens (tertiary/aromatic N) is 3. The van der Waals surface area contributed by atoms with E-state index in [1.165, 1.54) is 0 Å². The number of unbranched alkanes of at least 4 members (excludes halogenated alkanes) is 1. The number of hydrogen-bond donors (Lipinski definition) is 2. The Labute approximate surface area is 221 Å². The van der Waals surface area contributed by atoms with Crippen molar-refractivity contribution in [2.24, 2.45) is 5.41 Å². The van der Waals surface area contributed by atoms with Crippen molar-refractivity contribution in [2.75, 3.05) is 13.1 Å². The third-order valence-electron chi connectivity index (χ3n) is 6.56. The second-order valence-corrected chi connectivity index (χ2v) is 10.8. The van der Waals surface area contributed by atoms with E-state index in [2.05, 4.69) is 20.2 Å². The molecule has 0 radical (unpaired) electrons. The molecule has 2 heterocycles. The molecule has 3 atom stereocenters. The van der Waals surface area contributed by atoms with E-state index in [0.717, 1.165) is 23.5 Å². The number of benzene rings is 1. The molecule has 0 unspecified atom stereocenters. The summed E-state index contributed by atoms with van der Waals surface area (Å²) in [6.07, 6.45) is 0.375. The van der Waals surface area contributed by atoms with Gasteiger partial charge in [-0.1, -0.05) is 68.4 Å². The molecule has 1 aromatic carbocycles. The summed E-state index contributed by atoms with van der Waals surface area (Å²) in [6.45, 7) is 9.90. The molecule has 1 saturated heterocycles. The molecule has 0 aliphatic carbocycles. The van der Waals surface area contributed by atoms with Crippen molar-refractivity contribution in [1.82, 2.24) is 25.1 Å². The monoisotopic (exact) mass is 529 g/mol. The van der Waals surface area contributed by atoms with E-state index >= 15 is 0 Å². The Morgan fingerprint density at radius 3 is 2.51 bits per heavy atom. The predicted octanol–water partition coefficient (Wildman–Crippen LogP) is 3.43. The fraction of sp³-hybridized carbons (Fsp3) is 0.538. The molecule has 37 heavy (non-hydrogen) atoms. The molecule has 200 valence electrons. The Morgan fingerprint density at radius 1 is 1.19 bits per heavy atom. The number of ether oxygens (including phenoxy) is 1. The summed E-state index contributed by atoms with van der Waals surface area (Å²) in [4.78, 5) is 53.5. The highest BCUT2D eigenvalue weighted by Gasteiger charge is 2.45. The van der Waals surface area contributed by atoms with Crippen molar-refractivity contribution in [3.63, 3.8) is 0 Å². The van der Waals surface area contributed by atoms with Gasteiger partial charge in [0.1, 0.15) is 17.0 Å². The molecule has 1 aliphatic rings. The molecule has 0 bridgehead atoms. The van der Waals surface area contributed by atoms with Gasteiger partial charge >= 0.3 is 6.09 Å². The Bertz CT molecular complexity index is 1120. The fourth-order valence-corrected chi connectivity index (χ4v) is 4.89. The van der Waals surface area contributed by atoms with Crippen LogP contribution in [0.3, 0.4) is 0 Å². The zero-order chi connectivity index (χ0) is 27.2. The first kappa shape index (κ1) is 28.2. The standard InChI is InChI=1S/C26H35N5O5S/c1-6-7-13-19(21(32)23(33)27-16(2)18-11-9-8-10-12-18)28-25(35)36-20-14-31(15-26(20,4)5)24(34)22-17(3)29-30-37-22/h8-12,16,19-20H,6-7,13-15H2,1-5H3,(H,27,33)(H,28,35)/t16-,19+,20-/m1/s1. The van der Waals surface area contributed by atoms with E-state index in [9.17, 15) is 19.2 Å². The maximum Gasteiger partial charge on any atom is 0.408 e. The van der Waals surface area contributed by atoms with Crippen molar-refractivity contribution in [2.45, 2.75) is 72.1 Å². The number of amides is 3. The van der Waals surface area contributed by atoms with Gasteiger partial charge in [-0.25, -0.2) is 4.79 Å². The molecule has 1 aromatic heterocycles. The van der Waals surface area contributed by atoms with Crippen LogP contribution in [0.5, 0.6) is 0 Å². The van der Waals surface area contributed by atoms with E-state index in [1.54, 1.807) is 18.7 Å². The van der Waals surface area contributed by atoms with E-state index in [1.807, 2.05) is 51.1 Å². The van der Waals surface area contributed by atoms with E-state index in [4.69, 9.17) is 4.74 Å². The Balaban J connectivity index is 1.62. The third kappa shape index (κ3) is 7.12. The van der Waals surface area contributed by atoms with Crippen LogP contribution in [-0.2, 0) is 14.3 Å². The zero-order valence-electron chi connectivity index (χ0n) is 21.9. The SMILES string of the molecule is CCCC[C@H](NC(=O)O[C@@H]1CN(C(=O)c2snnc2C)CC1(C)C)C(=O)C(=O)N[C@H](C)c1ccccc1. The quantitative estimate of drug-likeness (QED) is 0.451. The average molecular weight is 530 g/mol. The Morgan fingerprint density at radius 2 is 1.89 bits per heavy atom. The summed E-state index contributed by atoms with van der Waals surface area (Å²) in [5, 5.41) is 9.21. The summed E-state index contributed by atoms with van der Waals surface area (Å²) >= 11 is 1.04. The zero-order valence-corrected chi connectivity index (χ0v) is 22.8. The number of carbonyl (C=O) groups is 4. The fourth-order valence-electron chi connectivity index (χ4n) is 4.26. The summed E-state index contributed by atoms with van der Waals surface area (Å²) in [7, 11) is 0. The van der Waals surface area contributed by atoms with Gasteiger partial charge in [0.2, 0.25) is 5.78 Å². The van der Waals surface area contributed by atoms with Gasteiger partial charge in [0.05, 0.1) is 18.3 Å². The first-order chi connectivity index (χ1) is 17.5. The summed E-state index contributed by atoms with van der Waals surface area (Å²) in [5.41, 5.74) is 0.921. The lowest BCUT2D eigenvalue weighted by molar-refractivity contribution is -0.139. The highest BCUT2D eigenvalue weighted by atomic mass is 32.1. The van der Waals surface area contributed by atoms with Crippen molar-refractivity contribution in [3.05, 3.63) is 46.5 Å². The summed E-state index contributed by atoms with van der Waals surface area (Å²) in [5.74, 6) is -1.68. The smallest absolute Gasteiger partial charge is 0.408 e. The molecule has 0 saturated carbocycles. The number of hydrogen-bond acceptors (Lipinski definition) is 8. The van der Waals surface area contributed by atoms with Crippen LogP contribution in [0.15, 0.2) is 30.3 Å². The Kier molecular flexibility index (Phi) is 9.36. The first-order valence-corrected chi connectivity index (χ1v) is 13.3. The molecule has 2 aromatic rings. The second-order valence-electron chi connectivity index (χ2n) is 10.1. The average Bonchev–Trinajstić information content (AvgIpc) is 3.43. The molecule has 10 nitrogen and oxygen atoms in total. The first-order valence-electron chi connectivity index (χ1n) is 12.5. The number of aromatic nitrogens is 2. The lowest BCUT2D eigenvalue weighted by Crippen LogP contribution is -2.49. The van der Waals surface area contributed by atoms with Crippen LogP contribution in [0.4, 0.5) is 4.79 Å². The minimum absolute atomic E-state index is 0.202. The molecule has 1 aliphatic heterocycles. The number of Topliss-reactive ketones (excluding diaryl/α,β-unsaturated/α-hetero) is 1. The number of carbonyl (C=O) groups excluding carboxylic acids is 4. The minimum atomic E-state index is -1.01. The van der Waals surface area contributed by atoms with Crippen molar-refractivity contribution < 1.29 is 23.9 Å². The largest absolute Gasteiger partial charge is 0.444 e. The number of rotatable bonds is 10. The highest BCUT2D eigenvalue weighted by molar-refractivity contribution is 7.07. The van der Waals surface area contributed by atoms with Crippen LogP contribution in [0, 0.1) is 12.3 Å². The molecule has 2 N–H and O–H groups in total. The predicted molar refractivity (Wildman–Crippen MR) is 139 cm³/mol. The van der Waals surface area contributed by atoms with Crippen LogP contribution >= 0.6 is 11.5 Å². The maximum absolute atomic E-state index is 13.0. The number of alkyl carbamates (subject to hydrolysis) is 1. The number of aryl methyl sites for hydroxylation is 1. The van der Waals surface area contributed by atoms with Crippen LogP contribution in [0.2, 0.25) is 0 Å². The molecule has 0 spiro atoms. The third-order valence-corrected chi connectivity index (χ3v) is 7.38. The lowest BCUT2D eigenvalue weighted by Gasteiger charge is -2.26. The normalized spacial score (nSPS) is 18.1. The van der Waals surface area contributed by atoms with Crippen molar-refractivity contribution >= 4 is 35.2 Å². The molecular formula is C26H35N5O5S. The van der Waals surface area contributed by atoms with Gasteiger partial charge in [-0.3, -0.25) is 14.4 Å². The van der Waals surface area contributed by atoms with Gasteiger partial charge in [0.25, 0.3) is 11.8 Å². The van der Waals surface area contributed by atoms with Crippen LogP contribution in [-0.4, -0.2) is 63.4 Å². The van der Waals surface area contributed by atoms with Gasteiger partial charge in [0, 0.05) is 12.0 Å². The van der Waals surface area contributed by atoms with Crippen LogP contribution < -0.4 is 10.6 Å². The maximum atomic E-state index is 13.0. The lowest BCUT2D eigenvalue weighted by atomic mass is 9.90. The van der Waals surface area contributed by atoms with Gasteiger partial charge in [-0.15, -0.1) is 5.10 Å². The van der Waals surface area contributed by atoms with Crippen molar-refractivity contribution in [3.8, 4) is 0 Å². The molecule has 1 fully saturated rings. The number of likely N-dealkylation sites (tertiary alicyclic amines) is 1. The number of ketones is 1. The summed E-state index contributed by atoms with van der Waals surface area (Å²) in [6, 6.07) is 7.94. The topological polar surface area (TPSA) is 131 Å². The molecule has 3 rings (SSSR count). The number of nitrogens with one attached hydrogen (secondary N) is 2. The molecule has 3 amide bonds. The van der Waals surface area contributed by atoms with Gasteiger partial charge in [-0.05, 0) is 37.4 Å². The van der Waals surface area contributed by atoms with Gasteiger partial charge in [0.15, 0.2) is 0 Å². The summed E-state index contributed by atoms with van der Waals surface area (Å²) < 4.78 is 9.51. The highest BCUT2D eigenvalue weighted by Crippen LogP contribution is 2.33. The van der Waals surface area contributed by atoms with E-state index < -0.39 is 35.3 Å². The van der Waals surface area contributed by atoms with Gasteiger partial charge < -0.3 is 20.3 Å². The van der Waals surface area contributed by atoms with Crippen LogP contribution in [0.1, 0.15) is 73.9 Å².